The number of rotatable bonds is 10. The van der Waals surface area contributed by atoms with E-state index >= 15 is 0 Å². The van der Waals surface area contributed by atoms with Gasteiger partial charge in [-0.15, -0.1) is 0 Å². The van der Waals surface area contributed by atoms with Gasteiger partial charge >= 0.3 is 0 Å². The number of halogens is 2. The predicted octanol–water partition coefficient (Wildman–Crippen LogP) is 5.35. The quantitative estimate of drug-likeness (QED) is 0.393. The van der Waals surface area contributed by atoms with Crippen LogP contribution >= 0.6 is 11.3 Å². The van der Waals surface area contributed by atoms with Crippen LogP contribution in [0.4, 0.5) is 13.9 Å². The molecular weight excluding hydrogens is 420 g/mol. The molecule has 0 saturated carbocycles. The number of aromatic nitrogens is 1. The molecule has 0 bridgehead atoms. The molecule has 0 saturated heterocycles. The SMILES string of the molecule is CCCCOc1cccc(C(=O)N(CCCN(C)C)c2nc3c(F)cc(F)cc3s2)c1. The zero-order chi connectivity index (χ0) is 22.4. The third kappa shape index (κ3) is 5.98. The van der Waals surface area contributed by atoms with Crippen molar-refractivity contribution < 1.29 is 18.3 Å². The number of carbonyl (C=O) groups excluding carboxylic acids is 1. The number of benzene rings is 2. The van der Waals surface area contributed by atoms with Gasteiger partial charge in [0, 0.05) is 18.2 Å². The summed E-state index contributed by atoms with van der Waals surface area (Å²) in [6, 6.07) is 9.08. The number of amides is 1. The second kappa shape index (κ2) is 10.6. The van der Waals surface area contributed by atoms with Crippen LogP contribution in [0.5, 0.6) is 5.75 Å². The largest absolute Gasteiger partial charge is 0.494 e. The summed E-state index contributed by atoms with van der Waals surface area (Å²) in [6.07, 6.45) is 2.66. The van der Waals surface area contributed by atoms with Crippen LogP contribution in [0.25, 0.3) is 10.2 Å². The van der Waals surface area contributed by atoms with E-state index in [1.807, 2.05) is 25.1 Å². The Bertz CT molecular complexity index is 1040. The van der Waals surface area contributed by atoms with Gasteiger partial charge in [-0.1, -0.05) is 30.7 Å². The highest BCUT2D eigenvalue weighted by Gasteiger charge is 2.23. The van der Waals surface area contributed by atoms with Gasteiger partial charge in [0.1, 0.15) is 17.1 Å². The first-order chi connectivity index (χ1) is 14.9. The molecule has 0 radical (unpaired) electrons. The van der Waals surface area contributed by atoms with E-state index in [4.69, 9.17) is 4.74 Å². The van der Waals surface area contributed by atoms with E-state index in [1.54, 1.807) is 18.2 Å². The Labute approximate surface area is 185 Å². The lowest BCUT2D eigenvalue weighted by Gasteiger charge is -2.21. The van der Waals surface area contributed by atoms with Gasteiger partial charge < -0.3 is 9.64 Å². The molecular formula is C23H27F2N3O2S. The van der Waals surface area contributed by atoms with Crippen LogP contribution in [0.3, 0.4) is 0 Å². The fraction of sp³-hybridized carbons (Fsp3) is 0.391. The fourth-order valence-electron chi connectivity index (χ4n) is 3.10. The van der Waals surface area contributed by atoms with Gasteiger partial charge in [-0.2, -0.15) is 0 Å². The number of carbonyl (C=O) groups is 1. The monoisotopic (exact) mass is 447 g/mol. The van der Waals surface area contributed by atoms with Crippen LogP contribution in [0, 0.1) is 11.6 Å². The molecule has 0 unspecified atom stereocenters. The minimum atomic E-state index is -0.732. The Morgan fingerprint density at radius 3 is 2.68 bits per heavy atom. The predicted molar refractivity (Wildman–Crippen MR) is 121 cm³/mol. The van der Waals surface area contributed by atoms with Crippen molar-refractivity contribution in [1.82, 2.24) is 9.88 Å². The second-order valence-electron chi connectivity index (χ2n) is 7.57. The number of hydrogen-bond acceptors (Lipinski definition) is 5. The summed E-state index contributed by atoms with van der Waals surface area (Å²) in [6.45, 7) is 3.85. The van der Waals surface area contributed by atoms with Crippen molar-refractivity contribution in [2.75, 3.05) is 38.7 Å². The molecule has 0 atom stereocenters. The fourth-order valence-corrected chi connectivity index (χ4v) is 4.13. The Morgan fingerprint density at radius 1 is 1.13 bits per heavy atom. The molecule has 2 aromatic carbocycles. The third-order valence-corrected chi connectivity index (χ3v) is 5.74. The lowest BCUT2D eigenvalue weighted by molar-refractivity contribution is 0.0985. The maximum Gasteiger partial charge on any atom is 0.260 e. The molecule has 31 heavy (non-hydrogen) atoms. The van der Waals surface area contributed by atoms with E-state index in [-0.39, 0.29) is 11.4 Å². The van der Waals surface area contributed by atoms with E-state index in [0.29, 0.717) is 40.7 Å². The first-order valence-corrected chi connectivity index (χ1v) is 11.2. The van der Waals surface area contributed by atoms with Crippen LogP contribution in [-0.4, -0.2) is 49.6 Å². The van der Waals surface area contributed by atoms with E-state index in [1.165, 1.54) is 11.0 Å². The highest BCUT2D eigenvalue weighted by Crippen LogP contribution is 2.32. The van der Waals surface area contributed by atoms with Crippen LogP contribution in [0.2, 0.25) is 0 Å². The number of fused-ring (bicyclic) bond motifs is 1. The number of thiazole rings is 1. The van der Waals surface area contributed by atoms with Gasteiger partial charge in [0.05, 0.1) is 11.3 Å². The smallest absolute Gasteiger partial charge is 0.260 e. The summed E-state index contributed by atoms with van der Waals surface area (Å²) >= 11 is 1.11. The van der Waals surface area contributed by atoms with Gasteiger partial charge in [0.25, 0.3) is 5.91 Å². The standard InChI is InChI=1S/C23H27F2N3O2S/c1-4-5-12-30-18-9-6-8-16(13-18)22(29)28(11-7-10-27(2)3)23-26-21-19(25)14-17(24)15-20(21)31-23/h6,8-9,13-15H,4-5,7,10-12H2,1-3H3. The molecule has 0 N–H and O–H groups in total. The van der Waals surface area contributed by atoms with Crippen molar-refractivity contribution >= 4 is 32.6 Å². The number of hydrogen-bond donors (Lipinski definition) is 0. The minimum Gasteiger partial charge on any atom is -0.494 e. The summed E-state index contributed by atoms with van der Waals surface area (Å²) in [7, 11) is 3.91. The molecule has 8 heteroatoms. The van der Waals surface area contributed by atoms with Gasteiger partial charge in [-0.25, -0.2) is 13.8 Å². The molecule has 1 aromatic heterocycles. The molecule has 0 fully saturated rings. The first-order valence-electron chi connectivity index (χ1n) is 10.3. The maximum atomic E-state index is 14.2. The van der Waals surface area contributed by atoms with E-state index in [2.05, 4.69) is 11.9 Å². The molecule has 0 spiro atoms. The van der Waals surface area contributed by atoms with E-state index in [0.717, 1.165) is 36.8 Å². The van der Waals surface area contributed by atoms with Crippen molar-refractivity contribution in [3.8, 4) is 5.75 Å². The topological polar surface area (TPSA) is 45.7 Å². The molecule has 5 nitrogen and oxygen atoms in total. The average Bonchev–Trinajstić information content (AvgIpc) is 3.15. The van der Waals surface area contributed by atoms with Crippen LogP contribution < -0.4 is 9.64 Å². The number of unbranched alkanes of at least 4 members (excludes halogenated alkanes) is 1. The summed E-state index contributed by atoms with van der Waals surface area (Å²) in [5.74, 6) is -1.02. The molecule has 3 rings (SSSR count). The maximum absolute atomic E-state index is 14.2. The molecule has 0 aliphatic rings. The molecule has 0 aliphatic heterocycles. The second-order valence-corrected chi connectivity index (χ2v) is 8.58. The third-order valence-electron chi connectivity index (χ3n) is 4.71. The summed E-state index contributed by atoms with van der Waals surface area (Å²) in [5, 5.41) is 0.348. The number of ether oxygens (including phenoxy) is 1. The Kier molecular flexibility index (Phi) is 7.92. The van der Waals surface area contributed by atoms with Gasteiger partial charge in [-0.3, -0.25) is 9.69 Å². The Balaban J connectivity index is 1.91. The lowest BCUT2D eigenvalue weighted by atomic mass is 10.2. The molecule has 0 aliphatic carbocycles. The van der Waals surface area contributed by atoms with E-state index < -0.39 is 11.6 Å². The normalized spacial score (nSPS) is 11.3. The van der Waals surface area contributed by atoms with E-state index in [9.17, 15) is 13.6 Å². The van der Waals surface area contributed by atoms with Gasteiger partial charge in [-0.05, 0) is 57.7 Å². The van der Waals surface area contributed by atoms with Gasteiger partial charge in [0.2, 0.25) is 0 Å². The zero-order valence-corrected chi connectivity index (χ0v) is 18.8. The molecule has 1 heterocycles. The first kappa shape index (κ1) is 23.1. The zero-order valence-electron chi connectivity index (χ0n) is 18.0. The molecule has 166 valence electrons. The van der Waals surface area contributed by atoms with Crippen LogP contribution in [0.1, 0.15) is 36.5 Å². The van der Waals surface area contributed by atoms with Crippen LogP contribution in [-0.2, 0) is 0 Å². The summed E-state index contributed by atoms with van der Waals surface area (Å²) in [5.41, 5.74) is 0.535. The number of nitrogens with zero attached hydrogens (tertiary/aromatic N) is 3. The highest BCUT2D eigenvalue weighted by molar-refractivity contribution is 7.22. The average molecular weight is 448 g/mol. The molecule has 1 amide bonds. The highest BCUT2D eigenvalue weighted by atomic mass is 32.1. The summed E-state index contributed by atoms with van der Waals surface area (Å²) in [4.78, 5) is 21.3. The lowest BCUT2D eigenvalue weighted by Crippen LogP contribution is -2.33. The number of anilines is 1. The molecule has 3 aromatic rings. The minimum absolute atomic E-state index is 0.0726. The van der Waals surface area contributed by atoms with Crippen molar-refractivity contribution in [2.24, 2.45) is 0 Å². The van der Waals surface area contributed by atoms with Crippen molar-refractivity contribution in [2.45, 2.75) is 26.2 Å². The Hall–Kier alpha value is -2.58. The van der Waals surface area contributed by atoms with Crippen molar-refractivity contribution in [3.05, 3.63) is 53.6 Å². The van der Waals surface area contributed by atoms with Gasteiger partial charge in [0.15, 0.2) is 10.9 Å². The summed E-state index contributed by atoms with van der Waals surface area (Å²) < 4.78 is 33.9. The van der Waals surface area contributed by atoms with Crippen LogP contribution in [0.15, 0.2) is 36.4 Å². The van der Waals surface area contributed by atoms with Crippen molar-refractivity contribution in [1.29, 1.82) is 0 Å². The van der Waals surface area contributed by atoms with Crippen molar-refractivity contribution in [3.63, 3.8) is 0 Å². The Morgan fingerprint density at radius 2 is 1.94 bits per heavy atom.